The van der Waals surface area contributed by atoms with Gasteiger partial charge >= 0.3 is 6.01 Å². The first-order valence-corrected chi connectivity index (χ1v) is 8.45. The minimum Gasteiger partial charge on any atom is -0.467 e. The highest BCUT2D eigenvalue weighted by molar-refractivity contribution is 7.92. The molecule has 2 aromatic rings. The average molecular weight is 350 g/mol. The number of nitrogens with zero attached hydrogens (tertiary/aromatic N) is 3. The molecule has 0 radical (unpaired) electrons. The molecule has 0 amide bonds. The summed E-state index contributed by atoms with van der Waals surface area (Å²) >= 11 is 0. The molecule has 1 heterocycles. The van der Waals surface area contributed by atoms with Crippen LogP contribution in [-0.4, -0.2) is 45.4 Å². The lowest BCUT2D eigenvalue weighted by Gasteiger charge is -2.17. The average Bonchev–Trinajstić information content (AvgIpc) is 2.54. The van der Waals surface area contributed by atoms with E-state index >= 15 is 0 Å². The first-order chi connectivity index (χ1) is 11.2. The van der Waals surface area contributed by atoms with Crippen molar-refractivity contribution in [3.05, 3.63) is 36.0 Å². The van der Waals surface area contributed by atoms with Crippen LogP contribution in [0.1, 0.15) is 17.3 Å². The van der Waals surface area contributed by atoms with Gasteiger partial charge in [-0.25, -0.2) is 13.4 Å². The molecule has 0 saturated carbocycles. The molecule has 2 rings (SSSR count). The van der Waals surface area contributed by atoms with Crippen LogP contribution in [0.3, 0.4) is 0 Å². The van der Waals surface area contributed by atoms with E-state index in [9.17, 15) is 13.2 Å². The Hall–Kier alpha value is -2.68. The maximum Gasteiger partial charge on any atom is 0.318 e. The molecule has 0 aliphatic rings. The Labute approximate surface area is 140 Å². The smallest absolute Gasteiger partial charge is 0.318 e. The van der Waals surface area contributed by atoms with E-state index in [1.165, 1.54) is 38.4 Å². The standard InChI is InChI=1S/C15H18N4O4S/c1-10(20)11-6-5-7-12(8-11)24(21,22)18-13-9-16-15(23-4)17-14(13)19(2)3/h5-9,18H,1-4H3. The summed E-state index contributed by atoms with van der Waals surface area (Å²) in [6.07, 6.45) is 1.33. The van der Waals surface area contributed by atoms with Crippen LogP contribution < -0.4 is 14.4 Å². The van der Waals surface area contributed by atoms with Gasteiger partial charge < -0.3 is 9.64 Å². The van der Waals surface area contributed by atoms with Crippen LogP contribution >= 0.6 is 0 Å². The number of hydrogen-bond donors (Lipinski definition) is 1. The Kier molecular flexibility index (Phi) is 5.03. The Morgan fingerprint density at radius 3 is 2.58 bits per heavy atom. The molecule has 0 spiro atoms. The normalized spacial score (nSPS) is 11.0. The topological polar surface area (TPSA) is 101 Å². The van der Waals surface area contributed by atoms with Gasteiger partial charge in [-0.05, 0) is 19.1 Å². The van der Waals surface area contributed by atoms with E-state index in [1.807, 2.05) is 0 Å². The molecule has 1 aromatic carbocycles. The molecule has 0 bridgehead atoms. The fourth-order valence-electron chi connectivity index (χ4n) is 1.95. The number of hydrogen-bond acceptors (Lipinski definition) is 7. The van der Waals surface area contributed by atoms with Gasteiger partial charge in [0.1, 0.15) is 5.69 Å². The van der Waals surface area contributed by atoms with Gasteiger partial charge in [0, 0.05) is 19.7 Å². The van der Waals surface area contributed by atoms with Crippen molar-refractivity contribution in [3.8, 4) is 6.01 Å². The number of sulfonamides is 1. The molecule has 0 fully saturated rings. The maximum absolute atomic E-state index is 12.6. The number of nitrogens with one attached hydrogen (secondary N) is 1. The van der Waals surface area contributed by atoms with Gasteiger partial charge in [-0.1, -0.05) is 12.1 Å². The summed E-state index contributed by atoms with van der Waals surface area (Å²) in [6.45, 7) is 1.38. The molecular weight excluding hydrogens is 332 g/mol. The van der Waals surface area contributed by atoms with Crippen molar-refractivity contribution >= 4 is 27.3 Å². The van der Waals surface area contributed by atoms with Gasteiger partial charge in [0.05, 0.1) is 18.2 Å². The molecule has 0 saturated heterocycles. The number of ether oxygens (including phenoxy) is 1. The van der Waals surface area contributed by atoms with Crippen LogP contribution in [0.5, 0.6) is 6.01 Å². The summed E-state index contributed by atoms with van der Waals surface area (Å²) in [7, 11) is 0.964. The van der Waals surface area contributed by atoms with Crippen molar-refractivity contribution in [1.29, 1.82) is 0 Å². The molecular formula is C15H18N4O4S. The van der Waals surface area contributed by atoms with Crippen molar-refractivity contribution in [2.45, 2.75) is 11.8 Å². The first kappa shape index (κ1) is 17.7. The summed E-state index contributed by atoms with van der Waals surface area (Å²) < 4.78 is 32.5. The van der Waals surface area contributed by atoms with Crippen LogP contribution in [0.4, 0.5) is 11.5 Å². The van der Waals surface area contributed by atoms with E-state index in [0.717, 1.165) is 0 Å². The molecule has 24 heavy (non-hydrogen) atoms. The predicted molar refractivity (Wildman–Crippen MR) is 90.2 cm³/mol. The third kappa shape index (κ3) is 3.80. The number of rotatable bonds is 6. The number of carbonyl (C=O) groups excluding carboxylic acids is 1. The van der Waals surface area contributed by atoms with Crippen molar-refractivity contribution in [2.75, 3.05) is 30.8 Å². The number of methoxy groups -OCH3 is 1. The summed E-state index contributed by atoms with van der Waals surface area (Å²) in [5.41, 5.74) is 0.519. The zero-order valence-corrected chi connectivity index (χ0v) is 14.6. The van der Waals surface area contributed by atoms with Crippen molar-refractivity contribution < 1.29 is 17.9 Å². The van der Waals surface area contributed by atoms with Crippen LogP contribution in [0.2, 0.25) is 0 Å². The lowest BCUT2D eigenvalue weighted by molar-refractivity contribution is 0.101. The Balaban J connectivity index is 2.43. The van der Waals surface area contributed by atoms with E-state index in [1.54, 1.807) is 25.1 Å². The van der Waals surface area contributed by atoms with Crippen molar-refractivity contribution in [3.63, 3.8) is 0 Å². The molecule has 0 atom stereocenters. The zero-order chi connectivity index (χ0) is 17.9. The van der Waals surface area contributed by atoms with Crippen LogP contribution in [0.25, 0.3) is 0 Å². The van der Waals surface area contributed by atoms with Crippen LogP contribution in [-0.2, 0) is 10.0 Å². The number of anilines is 2. The Morgan fingerprint density at radius 2 is 2.00 bits per heavy atom. The molecule has 0 aliphatic heterocycles. The number of benzene rings is 1. The number of Topliss-reactive ketones (excluding diaryl/α,β-unsaturated/α-hetero) is 1. The third-order valence-electron chi connectivity index (χ3n) is 3.15. The van der Waals surface area contributed by atoms with Gasteiger partial charge in [0.2, 0.25) is 0 Å². The van der Waals surface area contributed by atoms with Gasteiger partial charge in [0.25, 0.3) is 10.0 Å². The second-order valence-corrected chi connectivity index (χ2v) is 6.86. The van der Waals surface area contributed by atoms with E-state index in [-0.39, 0.29) is 22.4 Å². The highest BCUT2D eigenvalue weighted by Gasteiger charge is 2.19. The van der Waals surface area contributed by atoms with Gasteiger partial charge in [-0.3, -0.25) is 9.52 Å². The van der Waals surface area contributed by atoms with E-state index in [4.69, 9.17) is 4.74 Å². The SMILES string of the molecule is COc1ncc(NS(=O)(=O)c2cccc(C(C)=O)c2)c(N(C)C)n1. The largest absolute Gasteiger partial charge is 0.467 e. The molecule has 0 unspecified atom stereocenters. The second-order valence-electron chi connectivity index (χ2n) is 5.18. The monoisotopic (exact) mass is 350 g/mol. The predicted octanol–water partition coefficient (Wildman–Crippen LogP) is 1.55. The van der Waals surface area contributed by atoms with Gasteiger partial charge in [-0.2, -0.15) is 4.98 Å². The molecule has 1 N–H and O–H groups in total. The number of ketones is 1. The van der Waals surface area contributed by atoms with Crippen molar-refractivity contribution in [1.82, 2.24) is 9.97 Å². The minimum atomic E-state index is -3.89. The molecule has 9 heteroatoms. The van der Waals surface area contributed by atoms with Gasteiger partial charge in [0.15, 0.2) is 11.6 Å². The second kappa shape index (κ2) is 6.83. The number of carbonyl (C=O) groups is 1. The first-order valence-electron chi connectivity index (χ1n) is 6.97. The zero-order valence-electron chi connectivity index (χ0n) is 13.8. The highest BCUT2D eigenvalue weighted by atomic mass is 32.2. The Morgan fingerprint density at radius 1 is 1.29 bits per heavy atom. The van der Waals surface area contributed by atoms with Crippen molar-refractivity contribution in [2.24, 2.45) is 0 Å². The van der Waals surface area contributed by atoms with E-state index < -0.39 is 10.0 Å². The van der Waals surface area contributed by atoms with Crippen LogP contribution in [0.15, 0.2) is 35.4 Å². The quantitative estimate of drug-likeness (QED) is 0.789. The summed E-state index contributed by atoms with van der Waals surface area (Å²) in [4.78, 5) is 21.1. The van der Waals surface area contributed by atoms with Crippen LogP contribution in [0, 0.1) is 0 Å². The van der Waals surface area contributed by atoms with E-state index in [0.29, 0.717) is 11.4 Å². The molecule has 0 aliphatic carbocycles. The van der Waals surface area contributed by atoms with Gasteiger partial charge in [-0.15, -0.1) is 0 Å². The highest BCUT2D eigenvalue weighted by Crippen LogP contribution is 2.26. The summed E-state index contributed by atoms with van der Waals surface area (Å²) in [5.74, 6) is 0.141. The molecule has 1 aromatic heterocycles. The molecule has 128 valence electrons. The molecule has 8 nitrogen and oxygen atoms in total. The summed E-state index contributed by atoms with van der Waals surface area (Å²) in [5, 5.41) is 0. The fourth-order valence-corrected chi connectivity index (χ4v) is 3.05. The summed E-state index contributed by atoms with van der Waals surface area (Å²) in [6, 6.07) is 5.94. The lowest BCUT2D eigenvalue weighted by atomic mass is 10.2. The van der Waals surface area contributed by atoms with E-state index in [2.05, 4.69) is 14.7 Å². The maximum atomic E-state index is 12.6. The third-order valence-corrected chi connectivity index (χ3v) is 4.51. The lowest BCUT2D eigenvalue weighted by Crippen LogP contribution is -2.19. The minimum absolute atomic E-state index is 0.0178. The Bertz CT molecular complexity index is 866. The fraction of sp³-hybridized carbons (Fsp3) is 0.267. The number of aromatic nitrogens is 2.